The Hall–Kier alpha value is -4.50. The summed E-state index contributed by atoms with van der Waals surface area (Å²) < 4.78 is 63.0. The van der Waals surface area contributed by atoms with Crippen LogP contribution in [0.5, 0.6) is 0 Å². The second-order valence-electron chi connectivity index (χ2n) is 17.1. The van der Waals surface area contributed by atoms with Gasteiger partial charge in [-0.3, -0.25) is 9.59 Å². The summed E-state index contributed by atoms with van der Waals surface area (Å²) in [6.45, 7) is 18.1. The summed E-state index contributed by atoms with van der Waals surface area (Å²) in [4.78, 5) is 33.6. The highest BCUT2D eigenvalue weighted by molar-refractivity contribution is 7.99. The molecule has 62 heavy (non-hydrogen) atoms. The Labute approximate surface area is 373 Å². The van der Waals surface area contributed by atoms with Gasteiger partial charge in [0.2, 0.25) is 0 Å². The minimum absolute atomic E-state index is 0.0240. The second-order valence-corrected chi connectivity index (χ2v) is 23.7. The molecule has 13 heteroatoms. The van der Waals surface area contributed by atoms with E-state index >= 15 is 0 Å². The van der Waals surface area contributed by atoms with Crippen LogP contribution in [0.1, 0.15) is 63.8 Å². The van der Waals surface area contributed by atoms with Gasteiger partial charge in [-0.1, -0.05) is 89.7 Å². The Balaban J connectivity index is 0.000000659. The van der Waals surface area contributed by atoms with E-state index < -0.39 is 26.5 Å². The molecule has 0 saturated carbocycles. The molecule has 0 fully saturated rings. The van der Waals surface area contributed by atoms with Gasteiger partial charge in [-0.05, 0) is 109 Å². The topological polar surface area (TPSA) is 91.3 Å². The summed E-state index contributed by atoms with van der Waals surface area (Å²) in [6, 6.07) is 40.5. The van der Waals surface area contributed by atoms with Crippen LogP contribution in [0.25, 0.3) is 40.3 Å². The van der Waals surface area contributed by atoms with Crippen LogP contribution in [0.15, 0.2) is 149 Å². The lowest BCUT2D eigenvalue weighted by Crippen LogP contribution is -2.21. The van der Waals surface area contributed by atoms with E-state index in [0.717, 1.165) is 50.1 Å². The van der Waals surface area contributed by atoms with E-state index in [9.17, 15) is 22.8 Å². The van der Waals surface area contributed by atoms with Gasteiger partial charge in [0.05, 0.1) is 10.9 Å². The van der Waals surface area contributed by atoms with Crippen molar-refractivity contribution in [2.45, 2.75) is 96.2 Å². The summed E-state index contributed by atoms with van der Waals surface area (Å²) in [6.07, 6.45) is 0. The molecule has 0 aliphatic carbocycles. The fourth-order valence-corrected chi connectivity index (χ4v) is 12.8. The van der Waals surface area contributed by atoms with Crippen LogP contribution in [0.3, 0.4) is 0 Å². The maximum atomic E-state index is 14.0. The van der Waals surface area contributed by atoms with Crippen LogP contribution in [0.4, 0.5) is 13.2 Å². The highest BCUT2D eigenvalue weighted by atomic mass is 32.2. The van der Waals surface area contributed by atoms with Gasteiger partial charge in [0.25, 0.3) is 0 Å². The average Bonchev–Trinajstić information content (AvgIpc) is 3.19. The maximum Gasteiger partial charge on any atom is 0.485 e. The van der Waals surface area contributed by atoms with Crippen molar-refractivity contribution in [3.8, 4) is 0 Å². The van der Waals surface area contributed by atoms with Crippen LogP contribution < -0.4 is 10.9 Å². The van der Waals surface area contributed by atoms with Crippen LogP contribution in [0.2, 0.25) is 0 Å². The minimum Gasteiger partial charge on any atom is -0.741 e. The molecule has 0 radical (unpaired) electrons. The molecule has 0 aliphatic rings. The second kappa shape index (κ2) is 16.9. The van der Waals surface area contributed by atoms with Crippen LogP contribution >= 0.6 is 34.4 Å². The number of hydrogen-bond acceptors (Lipinski definition) is 8. The van der Waals surface area contributed by atoms with Gasteiger partial charge in [0.1, 0.15) is 0 Å². The van der Waals surface area contributed by atoms with E-state index in [1.165, 1.54) is 36.9 Å². The van der Waals surface area contributed by atoms with Crippen molar-refractivity contribution in [2.75, 3.05) is 0 Å². The normalized spacial score (nSPS) is 13.1. The van der Waals surface area contributed by atoms with Gasteiger partial charge >= 0.3 is 5.51 Å². The van der Waals surface area contributed by atoms with Gasteiger partial charge < -0.3 is 4.55 Å². The fourth-order valence-electron chi connectivity index (χ4n) is 7.07. The van der Waals surface area contributed by atoms with E-state index in [0.29, 0.717) is 0 Å². The predicted octanol–water partition coefficient (Wildman–Crippen LogP) is 13.7. The average molecular weight is 929 g/mol. The molecule has 0 aliphatic heterocycles. The quantitative estimate of drug-likeness (QED) is 0.0739. The Bertz CT molecular complexity index is 3290. The van der Waals surface area contributed by atoms with Crippen molar-refractivity contribution in [1.29, 1.82) is 0 Å². The maximum absolute atomic E-state index is 14.0. The van der Waals surface area contributed by atoms with Crippen molar-refractivity contribution in [3.63, 3.8) is 0 Å². The molecule has 0 spiro atoms. The van der Waals surface area contributed by atoms with E-state index in [2.05, 4.69) is 122 Å². The molecule has 0 bridgehead atoms. The SMILES string of the molecule is Cc1cc([S+](c2ccc3sc4ccccc4c(=O)c3c2)c2cc(C(C)(C)C)ccc2C)c(C(C)(C)C)cc1Sc1ccc2sc3ccccc3c(=O)c2c1.O=S(=O)([O-])C(F)(F)F. The summed E-state index contributed by atoms with van der Waals surface area (Å²) in [5.41, 5.74) is -0.664. The van der Waals surface area contributed by atoms with Gasteiger partial charge in [-0.25, -0.2) is 8.42 Å². The van der Waals surface area contributed by atoms with Crippen molar-refractivity contribution in [3.05, 3.63) is 158 Å². The van der Waals surface area contributed by atoms with Crippen LogP contribution in [-0.2, 0) is 31.8 Å². The first-order valence-electron chi connectivity index (χ1n) is 19.5. The molecule has 6 aromatic carbocycles. The largest absolute Gasteiger partial charge is 0.741 e. The van der Waals surface area contributed by atoms with Gasteiger partial charge in [0, 0.05) is 67.3 Å². The van der Waals surface area contributed by atoms with Gasteiger partial charge in [-0.15, -0.1) is 22.7 Å². The molecular formula is C49H43F3O5S5. The molecule has 8 aromatic rings. The Morgan fingerprint density at radius 3 is 1.63 bits per heavy atom. The third kappa shape index (κ3) is 9.25. The summed E-state index contributed by atoms with van der Waals surface area (Å²) in [5, 5.41) is 3.10. The molecule has 1 atom stereocenters. The molecule has 0 amide bonds. The van der Waals surface area contributed by atoms with E-state index in [1.54, 1.807) is 34.4 Å². The monoisotopic (exact) mass is 928 g/mol. The molecule has 2 heterocycles. The zero-order chi connectivity index (χ0) is 45.1. The number of benzene rings is 6. The number of rotatable bonds is 5. The van der Waals surface area contributed by atoms with E-state index in [-0.39, 0.29) is 21.7 Å². The number of aryl methyl sites for hydroxylation is 2. The van der Waals surface area contributed by atoms with Crippen molar-refractivity contribution in [2.24, 2.45) is 0 Å². The lowest BCUT2D eigenvalue weighted by atomic mass is 9.86. The first kappa shape index (κ1) is 45.5. The lowest BCUT2D eigenvalue weighted by molar-refractivity contribution is -0.0517. The smallest absolute Gasteiger partial charge is 0.485 e. The predicted molar refractivity (Wildman–Crippen MR) is 253 cm³/mol. The Morgan fingerprint density at radius 2 is 1.10 bits per heavy atom. The lowest BCUT2D eigenvalue weighted by Gasteiger charge is -2.25. The molecular weight excluding hydrogens is 886 g/mol. The fraction of sp³-hybridized carbons (Fsp3) is 0.224. The minimum atomic E-state index is -6.09. The first-order chi connectivity index (χ1) is 28.9. The van der Waals surface area contributed by atoms with Crippen molar-refractivity contribution >= 4 is 95.8 Å². The molecule has 1 unspecified atom stereocenters. The highest BCUT2D eigenvalue weighted by Crippen LogP contribution is 2.45. The third-order valence-corrected chi connectivity index (χ3v) is 16.8. The standard InChI is InChI=1S/C48H43O2S4.CHF3O3S/c1-28-17-18-30(47(3,4)5)24-43(28)54(32-20-22-41-36(26-32)46(50)34-14-10-12-16-39(34)53-41)44-23-29(2)42(27-37(44)48(6,7)8)51-31-19-21-40-35(25-31)45(49)33-13-9-11-15-38(33)52-40;2-1(3,4)8(5,6)7/h9-27H,1-8H3;(H,5,6,7)/q+1;/p-1. The van der Waals surface area contributed by atoms with Crippen molar-refractivity contribution in [1.82, 2.24) is 0 Å². The number of alkyl halides is 3. The highest BCUT2D eigenvalue weighted by Gasteiger charge is 2.38. The molecule has 0 saturated heterocycles. The van der Waals surface area contributed by atoms with Crippen LogP contribution in [0, 0.1) is 13.8 Å². The number of fused-ring (bicyclic) bond motifs is 4. The van der Waals surface area contributed by atoms with Crippen LogP contribution in [-0.4, -0.2) is 18.5 Å². The molecule has 8 rings (SSSR count). The van der Waals surface area contributed by atoms with E-state index in [1.807, 2.05) is 48.5 Å². The Morgan fingerprint density at radius 1 is 0.581 bits per heavy atom. The number of halogens is 3. The van der Waals surface area contributed by atoms with E-state index in [4.69, 9.17) is 13.0 Å². The summed E-state index contributed by atoms with van der Waals surface area (Å²) in [5.74, 6) is 0. The van der Waals surface area contributed by atoms with Gasteiger partial charge in [0.15, 0.2) is 35.7 Å². The molecule has 2 aromatic heterocycles. The zero-order valence-corrected chi connectivity index (χ0v) is 39.3. The van der Waals surface area contributed by atoms with Crippen molar-refractivity contribution < 1.29 is 26.1 Å². The Kier molecular flexibility index (Phi) is 12.4. The number of hydrogen-bond donors (Lipinski definition) is 0. The summed E-state index contributed by atoms with van der Waals surface area (Å²) in [7, 11) is -6.60. The zero-order valence-electron chi connectivity index (χ0n) is 35.2. The van der Waals surface area contributed by atoms with Gasteiger partial charge in [-0.2, -0.15) is 13.2 Å². The summed E-state index contributed by atoms with van der Waals surface area (Å²) >= 11 is 5.08. The molecule has 0 N–H and O–H groups in total. The molecule has 5 nitrogen and oxygen atoms in total. The molecule has 320 valence electrons. The first-order valence-corrected chi connectivity index (χ1v) is 24.6. The third-order valence-electron chi connectivity index (χ3n) is 10.4.